The standard InChI is InChI=1S/C14H23N3O3/c1-4-6-17-7-11(10(3)16-17)14(18)15-12-8-19-9-13(12)20-5-2/h7,12-13H,4-6,8-9H2,1-3H3,(H,15,18)/t12-,13-/m1/s1. The van der Waals surface area contributed by atoms with Gasteiger partial charge in [0.1, 0.15) is 6.10 Å². The zero-order chi connectivity index (χ0) is 14.5. The molecule has 0 bridgehead atoms. The van der Waals surface area contributed by atoms with E-state index in [1.807, 2.05) is 18.5 Å². The van der Waals surface area contributed by atoms with Crippen LogP contribution >= 0.6 is 0 Å². The van der Waals surface area contributed by atoms with Crippen molar-refractivity contribution in [3.05, 3.63) is 17.5 Å². The lowest BCUT2D eigenvalue weighted by molar-refractivity contribution is 0.0402. The van der Waals surface area contributed by atoms with Gasteiger partial charge in [0, 0.05) is 19.3 Å². The van der Waals surface area contributed by atoms with Gasteiger partial charge in [-0.05, 0) is 20.3 Å². The minimum absolute atomic E-state index is 0.0602. The predicted octanol–water partition coefficient (Wildman–Crippen LogP) is 1.14. The molecule has 2 rings (SSSR count). The number of carbonyl (C=O) groups excluding carboxylic acids is 1. The van der Waals surface area contributed by atoms with Gasteiger partial charge in [-0.15, -0.1) is 0 Å². The van der Waals surface area contributed by atoms with Crippen molar-refractivity contribution in [1.29, 1.82) is 0 Å². The van der Waals surface area contributed by atoms with E-state index < -0.39 is 0 Å². The van der Waals surface area contributed by atoms with Gasteiger partial charge in [0.2, 0.25) is 0 Å². The summed E-state index contributed by atoms with van der Waals surface area (Å²) in [4.78, 5) is 12.3. The molecule has 1 saturated heterocycles. The summed E-state index contributed by atoms with van der Waals surface area (Å²) in [6.07, 6.45) is 2.74. The summed E-state index contributed by atoms with van der Waals surface area (Å²) in [5.41, 5.74) is 1.38. The van der Waals surface area contributed by atoms with Gasteiger partial charge in [-0.2, -0.15) is 5.10 Å². The summed E-state index contributed by atoms with van der Waals surface area (Å²) >= 11 is 0. The molecule has 0 spiro atoms. The summed E-state index contributed by atoms with van der Waals surface area (Å²) in [5, 5.41) is 7.33. The third-order valence-corrected chi connectivity index (χ3v) is 3.37. The lowest BCUT2D eigenvalue weighted by atomic mass is 10.2. The van der Waals surface area contributed by atoms with E-state index >= 15 is 0 Å². The summed E-state index contributed by atoms with van der Waals surface area (Å²) in [6.45, 7) is 8.35. The minimum Gasteiger partial charge on any atom is -0.376 e. The van der Waals surface area contributed by atoms with E-state index in [0.717, 1.165) is 18.7 Å². The van der Waals surface area contributed by atoms with Gasteiger partial charge in [-0.1, -0.05) is 6.92 Å². The van der Waals surface area contributed by atoms with Gasteiger partial charge < -0.3 is 14.8 Å². The summed E-state index contributed by atoms with van der Waals surface area (Å²) in [7, 11) is 0. The summed E-state index contributed by atoms with van der Waals surface area (Å²) in [5.74, 6) is -0.106. The van der Waals surface area contributed by atoms with Crippen LogP contribution in [0.1, 0.15) is 36.3 Å². The maximum atomic E-state index is 12.3. The maximum Gasteiger partial charge on any atom is 0.255 e. The van der Waals surface area contributed by atoms with Gasteiger partial charge in [0.05, 0.1) is 30.5 Å². The Kier molecular flexibility index (Phi) is 5.14. The summed E-state index contributed by atoms with van der Waals surface area (Å²) in [6, 6.07) is -0.0867. The van der Waals surface area contributed by atoms with Gasteiger partial charge in [0.25, 0.3) is 5.91 Å². The molecule has 2 heterocycles. The molecule has 1 aromatic rings. The second-order valence-electron chi connectivity index (χ2n) is 5.00. The zero-order valence-corrected chi connectivity index (χ0v) is 12.4. The maximum absolute atomic E-state index is 12.3. The fraction of sp³-hybridized carbons (Fsp3) is 0.714. The van der Waals surface area contributed by atoms with E-state index in [2.05, 4.69) is 17.3 Å². The summed E-state index contributed by atoms with van der Waals surface area (Å²) < 4.78 is 12.8. The molecule has 112 valence electrons. The van der Waals surface area contributed by atoms with E-state index in [1.165, 1.54) is 0 Å². The van der Waals surface area contributed by atoms with Crippen LogP contribution in [0.4, 0.5) is 0 Å². The second-order valence-corrected chi connectivity index (χ2v) is 5.00. The van der Waals surface area contributed by atoms with Crippen molar-refractivity contribution < 1.29 is 14.3 Å². The van der Waals surface area contributed by atoms with Crippen molar-refractivity contribution in [3.8, 4) is 0 Å². The average molecular weight is 281 g/mol. The quantitative estimate of drug-likeness (QED) is 0.849. The largest absolute Gasteiger partial charge is 0.376 e. The zero-order valence-electron chi connectivity index (χ0n) is 12.4. The SMILES string of the molecule is CCCn1cc(C(=O)N[C@@H]2COC[C@H]2OCC)c(C)n1. The normalized spacial score (nSPS) is 22.1. The first-order chi connectivity index (χ1) is 9.65. The Bertz CT molecular complexity index is 459. The minimum atomic E-state index is -0.106. The van der Waals surface area contributed by atoms with Crippen LogP contribution in [-0.2, 0) is 16.0 Å². The molecule has 0 saturated carbocycles. The highest BCUT2D eigenvalue weighted by molar-refractivity contribution is 5.95. The molecule has 0 aliphatic carbocycles. The van der Waals surface area contributed by atoms with Gasteiger partial charge in [-0.25, -0.2) is 0 Å². The molecule has 0 aromatic carbocycles. The number of ether oxygens (including phenoxy) is 2. The first kappa shape index (κ1) is 15.0. The Hall–Kier alpha value is -1.40. The number of hydrogen-bond acceptors (Lipinski definition) is 4. The Labute approximate surface area is 119 Å². The molecular formula is C14H23N3O3. The van der Waals surface area contributed by atoms with Crippen LogP contribution in [-0.4, -0.2) is 47.7 Å². The van der Waals surface area contributed by atoms with Crippen LogP contribution in [0, 0.1) is 6.92 Å². The van der Waals surface area contributed by atoms with E-state index in [0.29, 0.717) is 25.4 Å². The molecule has 1 amide bonds. The number of aryl methyl sites for hydroxylation is 2. The van der Waals surface area contributed by atoms with Crippen LogP contribution in [0.15, 0.2) is 6.20 Å². The van der Waals surface area contributed by atoms with Crippen molar-refractivity contribution >= 4 is 5.91 Å². The highest BCUT2D eigenvalue weighted by Gasteiger charge is 2.30. The van der Waals surface area contributed by atoms with Crippen molar-refractivity contribution in [1.82, 2.24) is 15.1 Å². The van der Waals surface area contributed by atoms with E-state index in [4.69, 9.17) is 9.47 Å². The number of aromatic nitrogens is 2. The third-order valence-electron chi connectivity index (χ3n) is 3.37. The monoisotopic (exact) mass is 281 g/mol. The van der Waals surface area contributed by atoms with Gasteiger partial charge in [0.15, 0.2) is 0 Å². The molecule has 20 heavy (non-hydrogen) atoms. The topological polar surface area (TPSA) is 65.4 Å². The second kappa shape index (κ2) is 6.85. The smallest absolute Gasteiger partial charge is 0.255 e. The number of amides is 1. The van der Waals surface area contributed by atoms with Crippen molar-refractivity contribution in [2.75, 3.05) is 19.8 Å². The Morgan fingerprint density at radius 2 is 2.35 bits per heavy atom. The van der Waals surface area contributed by atoms with Gasteiger partial charge >= 0.3 is 0 Å². The third kappa shape index (κ3) is 3.37. The average Bonchev–Trinajstić information content (AvgIpc) is 2.98. The highest BCUT2D eigenvalue weighted by Crippen LogP contribution is 2.12. The molecular weight excluding hydrogens is 258 g/mol. The fourth-order valence-corrected chi connectivity index (χ4v) is 2.38. The predicted molar refractivity (Wildman–Crippen MR) is 74.7 cm³/mol. The van der Waals surface area contributed by atoms with Crippen LogP contribution in [0.2, 0.25) is 0 Å². The fourth-order valence-electron chi connectivity index (χ4n) is 2.38. The van der Waals surface area contributed by atoms with Crippen molar-refractivity contribution in [2.24, 2.45) is 0 Å². The molecule has 0 unspecified atom stereocenters. The molecule has 1 N–H and O–H groups in total. The molecule has 6 nitrogen and oxygen atoms in total. The van der Waals surface area contributed by atoms with Crippen LogP contribution in [0.3, 0.4) is 0 Å². The molecule has 1 aliphatic rings. The molecule has 0 radical (unpaired) electrons. The molecule has 1 fully saturated rings. The van der Waals surface area contributed by atoms with Gasteiger partial charge in [-0.3, -0.25) is 9.48 Å². The van der Waals surface area contributed by atoms with Crippen molar-refractivity contribution in [3.63, 3.8) is 0 Å². The number of hydrogen-bond donors (Lipinski definition) is 1. The molecule has 2 atom stereocenters. The number of nitrogens with zero attached hydrogens (tertiary/aromatic N) is 2. The van der Waals surface area contributed by atoms with Crippen molar-refractivity contribution in [2.45, 2.75) is 45.9 Å². The van der Waals surface area contributed by atoms with Crippen LogP contribution < -0.4 is 5.32 Å². The number of rotatable bonds is 6. The van der Waals surface area contributed by atoms with E-state index in [1.54, 1.807) is 6.20 Å². The Morgan fingerprint density at radius 3 is 3.05 bits per heavy atom. The molecule has 1 aliphatic heterocycles. The Balaban J connectivity index is 2.00. The molecule has 1 aromatic heterocycles. The van der Waals surface area contributed by atoms with E-state index in [9.17, 15) is 4.79 Å². The first-order valence-corrected chi connectivity index (χ1v) is 7.20. The number of carbonyl (C=O) groups is 1. The lowest BCUT2D eigenvalue weighted by Crippen LogP contribution is -2.43. The highest BCUT2D eigenvalue weighted by atomic mass is 16.5. The van der Waals surface area contributed by atoms with E-state index in [-0.39, 0.29) is 18.1 Å². The van der Waals surface area contributed by atoms with Crippen LogP contribution in [0.5, 0.6) is 0 Å². The van der Waals surface area contributed by atoms with Crippen LogP contribution in [0.25, 0.3) is 0 Å². The lowest BCUT2D eigenvalue weighted by Gasteiger charge is -2.18. The molecule has 6 heteroatoms. The Morgan fingerprint density at radius 1 is 1.55 bits per heavy atom. The number of nitrogens with one attached hydrogen (secondary N) is 1. The first-order valence-electron chi connectivity index (χ1n) is 7.20.